The Morgan fingerprint density at radius 2 is 0.980 bits per heavy atom. The van der Waals surface area contributed by atoms with E-state index in [-0.39, 0.29) is 17.5 Å². The second-order valence-corrected chi connectivity index (χ2v) is 15.2. The standard InChI is InChI=1S/C44H37BN2O2/c1-43(2)23-24-44(3,4)31-27-41-33(26-30(31)43)45-32-22-21-29(25-40(32)48-38-19-12-20-39(49-41)42(38)45)47-36-17-10-8-15-34(36)46(28-13-6-5-7-14-28)35-16-9-11-18-37(35)47/h5-22,25-27H,23-24H2,1-4H3. The van der Waals surface area contributed by atoms with E-state index in [1.54, 1.807) is 0 Å². The smallest absolute Gasteiger partial charge is 0.260 e. The highest BCUT2D eigenvalue weighted by Crippen LogP contribution is 2.54. The average molecular weight is 637 g/mol. The number of hydrogen-bond acceptors (Lipinski definition) is 4. The van der Waals surface area contributed by atoms with Gasteiger partial charge in [-0.15, -0.1) is 0 Å². The molecule has 0 radical (unpaired) electrons. The Balaban J connectivity index is 1.15. The van der Waals surface area contributed by atoms with Crippen LogP contribution in [0.2, 0.25) is 0 Å². The number of nitrogens with zero attached hydrogens (tertiary/aromatic N) is 2. The molecule has 0 aromatic heterocycles. The first-order chi connectivity index (χ1) is 23.8. The Hall–Kier alpha value is -5.42. The molecule has 0 spiro atoms. The van der Waals surface area contributed by atoms with Crippen molar-refractivity contribution in [2.45, 2.75) is 51.4 Å². The van der Waals surface area contributed by atoms with Gasteiger partial charge in [-0.1, -0.05) is 88.4 Å². The van der Waals surface area contributed by atoms with Gasteiger partial charge in [-0.05, 0) is 106 Å². The molecule has 0 bridgehead atoms. The molecule has 5 heteroatoms. The number of para-hydroxylation sites is 5. The van der Waals surface area contributed by atoms with E-state index in [2.05, 4.69) is 159 Å². The summed E-state index contributed by atoms with van der Waals surface area (Å²) in [5.74, 6) is 3.61. The first-order valence-electron chi connectivity index (χ1n) is 17.4. The number of benzene rings is 6. The van der Waals surface area contributed by atoms with Gasteiger partial charge in [-0.2, -0.15) is 0 Å². The summed E-state index contributed by atoms with van der Waals surface area (Å²) in [5.41, 5.74) is 13.3. The highest BCUT2D eigenvalue weighted by Gasteiger charge is 2.44. The SMILES string of the molecule is CC1(C)CCC(C)(C)c2cc3c(cc21)Oc1cccc2c1B3c1ccc(N3c4ccccc4N(c4ccccc4)c4ccccc43)cc1O2. The molecule has 1 aliphatic carbocycles. The lowest BCUT2D eigenvalue weighted by atomic mass is 9.34. The van der Waals surface area contributed by atoms with Crippen molar-refractivity contribution < 1.29 is 9.47 Å². The van der Waals surface area contributed by atoms with Crippen molar-refractivity contribution in [3.8, 4) is 23.0 Å². The monoisotopic (exact) mass is 636 g/mol. The van der Waals surface area contributed by atoms with E-state index in [4.69, 9.17) is 9.47 Å². The van der Waals surface area contributed by atoms with Crippen molar-refractivity contribution in [3.05, 3.63) is 139 Å². The van der Waals surface area contributed by atoms with Gasteiger partial charge >= 0.3 is 0 Å². The Labute approximate surface area is 288 Å². The van der Waals surface area contributed by atoms with Crippen LogP contribution in [0.4, 0.5) is 34.1 Å². The molecule has 238 valence electrons. The van der Waals surface area contributed by atoms with Gasteiger partial charge in [0.05, 0.1) is 22.7 Å². The second kappa shape index (κ2) is 10.1. The maximum absolute atomic E-state index is 6.81. The zero-order chi connectivity index (χ0) is 33.1. The summed E-state index contributed by atoms with van der Waals surface area (Å²) in [6.07, 6.45) is 2.34. The third kappa shape index (κ3) is 4.11. The zero-order valence-electron chi connectivity index (χ0n) is 28.3. The van der Waals surface area contributed by atoms with Crippen LogP contribution in [0.1, 0.15) is 51.7 Å². The molecule has 10 rings (SSSR count). The number of fused-ring (bicyclic) bond motifs is 7. The second-order valence-electron chi connectivity index (χ2n) is 15.2. The molecule has 49 heavy (non-hydrogen) atoms. The summed E-state index contributed by atoms with van der Waals surface area (Å²) in [7, 11) is 0. The van der Waals surface area contributed by atoms with Crippen molar-refractivity contribution in [1.29, 1.82) is 0 Å². The Bertz CT molecular complexity index is 2280. The molecular weight excluding hydrogens is 599 g/mol. The minimum absolute atomic E-state index is 0.0217. The van der Waals surface area contributed by atoms with Crippen molar-refractivity contribution in [3.63, 3.8) is 0 Å². The molecule has 0 saturated carbocycles. The third-order valence-electron chi connectivity index (χ3n) is 11.4. The molecule has 0 atom stereocenters. The van der Waals surface area contributed by atoms with Gasteiger partial charge in [0.2, 0.25) is 0 Å². The Morgan fingerprint density at radius 1 is 0.469 bits per heavy atom. The first kappa shape index (κ1) is 28.6. The fraction of sp³-hybridized carbons (Fsp3) is 0.182. The van der Waals surface area contributed by atoms with Gasteiger partial charge in [0.25, 0.3) is 6.71 Å². The first-order valence-corrected chi connectivity index (χ1v) is 17.4. The summed E-state index contributed by atoms with van der Waals surface area (Å²) < 4.78 is 13.5. The van der Waals surface area contributed by atoms with E-state index in [1.165, 1.54) is 34.9 Å². The molecule has 3 heterocycles. The lowest BCUT2D eigenvalue weighted by Gasteiger charge is -2.43. The zero-order valence-corrected chi connectivity index (χ0v) is 28.3. The number of ether oxygens (including phenoxy) is 2. The van der Waals surface area contributed by atoms with Crippen LogP contribution in [-0.4, -0.2) is 6.71 Å². The summed E-state index contributed by atoms with van der Waals surface area (Å²) >= 11 is 0. The number of rotatable bonds is 2. The van der Waals surface area contributed by atoms with Crippen molar-refractivity contribution in [2.24, 2.45) is 0 Å². The fourth-order valence-electron chi connectivity index (χ4n) is 8.69. The van der Waals surface area contributed by atoms with E-state index >= 15 is 0 Å². The van der Waals surface area contributed by atoms with Gasteiger partial charge < -0.3 is 19.3 Å². The lowest BCUT2D eigenvalue weighted by Crippen LogP contribution is -2.58. The predicted octanol–water partition coefficient (Wildman–Crippen LogP) is 10.0. The van der Waals surface area contributed by atoms with E-state index in [1.807, 2.05) is 6.07 Å². The maximum Gasteiger partial charge on any atom is 0.260 e. The number of hydrogen-bond donors (Lipinski definition) is 0. The normalized spacial score (nSPS) is 16.9. The molecule has 0 N–H and O–H groups in total. The molecule has 0 fully saturated rings. The van der Waals surface area contributed by atoms with Crippen LogP contribution in [0.3, 0.4) is 0 Å². The minimum atomic E-state index is 0.0217. The van der Waals surface area contributed by atoms with Gasteiger partial charge in [0, 0.05) is 22.9 Å². The van der Waals surface area contributed by atoms with Gasteiger partial charge in [-0.3, -0.25) is 0 Å². The molecular formula is C44H37BN2O2. The van der Waals surface area contributed by atoms with E-state index in [9.17, 15) is 0 Å². The van der Waals surface area contributed by atoms with E-state index in [0.29, 0.717) is 0 Å². The fourth-order valence-corrected chi connectivity index (χ4v) is 8.69. The van der Waals surface area contributed by atoms with Crippen LogP contribution in [0.15, 0.2) is 127 Å². The summed E-state index contributed by atoms with van der Waals surface area (Å²) in [6.45, 7) is 9.57. The topological polar surface area (TPSA) is 24.9 Å². The minimum Gasteiger partial charge on any atom is -0.458 e. The van der Waals surface area contributed by atoms with Gasteiger partial charge in [-0.25, -0.2) is 0 Å². The van der Waals surface area contributed by atoms with Crippen LogP contribution in [0.5, 0.6) is 23.0 Å². The largest absolute Gasteiger partial charge is 0.458 e. The van der Waals surface area contributed by atoms with Gasteiger partial charge in [0.1, 0.15) is 23.0 Å². The molecule has 3 aliphatic heterocycles. The van der Waals surface area contributed by atoms with Crippen LogP contribution < -0.4 is 35.7 Å². The molecule has 6 aromatic carbocycles. The highest BCUT2D eigenvalue weighted by molar-refractivity contribution is 6.98. The highest BCUT2D eigenvalue weighted by atomic mass is 16.5. The summed E-state index contributed by atoms with van der Waals surface area (Å²) in [6, 6.07) is 45.8. The molecule has 0 unspecified atom stereocenters. The molecule has 6 aromatic rings. The molecule has 4 aliphatic rings. The molecule has 4 nitrogen and oxygen atoms in total. The summed E-state index contributed by atoms with van der Waals surface area (Å²) in [4.78, 5) is 4.73. The van der Waals surface area contributed by atoms with E-state index < -0.39 is 0 Å². The van der Waals surface area contributed by atoms with Crippen LogP contribution >= 0.6 is 0 Å². The van der Waals surface area contributed by atoms with Crippen LogP contribution in [-0.2, 0) is 10.8 Å². The van der Waals surface area contributed by atoms with Gasteiger partial charge in [0.15, 0.2) is 0 Å². The number of anilines is 6. The Kier molecular flexibility index (Phi) is 5.86. The van der Waals surface area contributed by atoms with Crippen molar-refractivity contribution >= 4 is 57.2 Å². The third-order valence-corrected chi connectivity index (χ3v) is 11.4. The quantitative estimate of drug-likeness (QED) is 0.176. The van der Waals surface area contributed by atoms with Crippen LogP contribution in [0, 0.1) is 0 Å². The molecule has 0 amide bonds. The lowest BCUT2D eigenvalue weighted by molar-refractivity contribution is 0.330. The molecule has 0 saturated heterocycles. The summed E-state index contributed by atoms with van der Waals surface area (Å²) in [5, 5.41) is 0. The predicted molar refractivity (Wildman–Crippen MR) is 202 cm³/mol. The van der Waals surface area contributed by atoms with Crippen molar-refractivity contribution in [2.75, 3.05) is 9.80 Å². The van der Waals surface area contributed by atoms with Crippen LogP contribution in [0.25, 0.3) is 0 Å². The average Bonchev–Trinajstić information content (AvgIpc) is 3.12. The van der Waals surface area contributed by atoms with Crippen molar-refractivity contribution in [1.82, 2.24) is 0 Å². The Morgan fingerprint density at radius 3 is 1.57 bits per heavy atom. The maximum atomic E-state index is 6.81. The van der Waals surface area contributed by atoms with E-state index in [0.717, 1.165) is 62.6 Å².